The van der Waals surface area contributed by atoms with Crippen LogP contribution in [0.2, 0.25) is 0 Å². The average molecular weight is 665 g/mol. The van der Waals surface area contributed by atoms with Gasteiger partial charge in [0.2, 0.25) is 17.7 Å². The van der Waals surface area contributed by atoms with Gasteiger partial charge in [-0.25, -0.2) is 0 Å². The van der Waals surface area contributed by atoms with Crippen LogP contribution in [0.4, 0.5) is 0 Å². The van der Waals surface area contributed by atoms with Gasteiger partial charge in [0.15, 0.2) is 0 Å². The van der Waals surface area contributed by atoms with Crippen molar-refractivity contribution in [3.8, 4) is 0 Å². The lowest BCUT2D eigenvalue weighted by atomic mass is 9.77. The van der Waals surface area contributed by atoms with E-state index in [1.165, 1.54) is 0 Å². The summed E-state index contributed by atoms with van der Waals surface area (Å²) in [4.78, 5) is 62.0. The number of ether oxygens (including phenoxy) is 3. The lowest BCUT2D eigenvalue weighted by Crippen LogP contribution is -2.56. The van der Waals surface area contributed by atoms with E-state index in [9.17, 15) is 24.3 Å². The van der Waals surface area contributed by atoms with Crippen LogP contribution in [0.1, 0.15) is 50.7 Å². The number of nitrogens with zero attached hydrogens (tertiary/aromatic N) is 3. The van der Waals surface area contributed by atoms with Crippen molar-refractivity contribution in [3.63, 3.8) is 0 Å². The molecule has 1 aromatic carbocycles. The van der Waals surface area contributed by atoms with Crippen LogP contribution < -0.4 is 5.32 Å². The second-order valence-electron chi connectivity index (χ2n) is 13.4. The van der Waals surface area contributed by atoms with E-state index in [4.69, 9.17) is 14.2 Å². The first-order valence-electron chi connectivity index (χ1n) is 17.4. The molecule has 0 radical (unpaired) electrons. The van der Waals surface area contributed by atoms with Gasteiger partial charge in [0.25, 0.3) is 0 Å². The van der Waals surface area contributed by atoms with Crippen LogP contribution in [0.15, 0.2) is 54.6 Å². The first-order valence-corrected chi connectivity index (χ1v) is 17.4. The Balaban J connectivity index is 1.35. The zero-order chi connectivity index (χ0) is 33.7. The molecule has 3 amide bonds. The molecular formula is C36H48N4O8. The second kappa shape index (κ2) is 15.3. The number of unbranched alkanes of at least 4 members (excludes halogenated alkanes) is 2. The number of benzene rings is 1. The second-order valence-corrected chi connectivity index (χ2v) is 13.4. The third kappa shape index (κ3) is 6.94. The molecule has 12 heteroatoms. The molecule has 7 atom stereocenters. The Morgan fingerprint density at radius 3 is 2.52 bits per heavy atom. The highest BCUT2D eigenvalue weighted by molar-refractivity contribution is 5.99. The van der Waals surface area contributed by atoms with Gasteiger partial charge in [0.1, 0.15) is 23.7 Å². The number of esters is 1. The predicted molar refractivity (Wildman–Crippen MR) is 175 cm³/mol. The average Bonchev–Trinajstić information content (AvgIpc) is 3.48. The number of aliphatic hydroxyl groups excluding tert-OH is 1. The summed E-state index contributed by atoms with van der Waals surface area (Å²) in [6.07, 6.45) is 8.21. The topological polar surface area (TPSA) is 138 Å². The minimum Gasteiger partial charge on any atom is -0.455 e. The molecule has 0 aliphatic carbocycles. The molecule has 5 aliphatic rings. The van der Waals surface area contributed by atoms with E-state index in [0.717, 1.165) is 18.7 Å². The molecule has 12 nitrogen and oxygen atoms in total. The number of aliphatic hydroxyl groups is 1. The number of cyclic esters (lactones) is 1. The molecule has 48 heavy (non-hydrogen) atoms. The number of morpholine rings is 1. The van der Waals surface area contributed by atoms with Gasteiger partial charge in [0.05, 0.1) is 31.3 Å². The minimum absolute atomic E-state index is 0.0490. The van der Waals surface area contributed by atoms with E-state index in [0.29, 0.717) is 65.1 Å². The molecule has 2 N–H and O–H groups in total. The predicted octanol–water partition coefficient (Wildman–Crippen LogP) is 1.60. The summed E-state index contributed by atoms with van der Waals surface area (Å²) in [6, 6.07) is 7.77. The Morgan fingerprint density at radius 2 is 1.75 bits per heavy atom. The van der Waals surface area contributed by atoms with E-state index in [1.807, 2.05) is 48.6 Å². The molecule has 3 fully saturated rings. The smallest absolute Gasteiger partial charge is 0.313 e. The summed E-state index contributed by atoms with van der Waals surface area (Å²) in [5.41, 5.74) is -0.655. The Bertz CT molecular complexity index is 1380. The van der Waals surface area contributed by atoms with E-state index < -0.39 is 47.7 Å². The summed E-state index contributed by atoms with van der Waals surface area (Å²) in [5.74, 6) is -3.27. The molecule has 6 rings (SSSR count). The summed E-state index contributed by atoms with van der Waals surface area (Å²) >= 11 is 0. The van der Waals surface area contributed by atoms with Gasteiger partial charge in [-0.15, -0.1) is 0 Å². The van der Waals surface area contributed by atoms with Crippen molar-refractivity contribution >= 4 is 23.7 Å². The van der Waals surface area contributed by atoms with Crippen molar-refractivity contribution in [1.29, 1.82) is 0 Å². The first kappa shape index (κ1) is 34.3. The van der Waals surface area contributed by atoms with Crippen molar-refractivity contribution in [2.24, 2.45) is 11.8 Å². The number of carbonyl (C=O) groups excluding carboxylic acids is 4. The number of hydrogen-bond donors (Lipinski definition) is 2. The molecule has 5 aliphatic heterocycles. The van der Waals surface area contributed by atoms with Crippen molar-refractivity contribution in [2.75, 3.05) is 59.1 Å². The zero-order valence-corrected chi connectivity index (χ0v) is 27.7. The number of hydrogen-bond acceptors (Lipinski definition) is 9. The van der Waals surface area contributed by atoms with Crippen molar-refractivity contribution < 1.29 is 38.5 Å². The van der Waals surface area contributed by atoms with Crippen LogP contribution in [0.25, 0.3) is 0 Å². The van der Waals surface area contributed by atoms with E-state index in [1.54, 1.807) is 22.8 Å². The highest BCUT2D eigenvalue weighted by Gasteiger charge is 2.71. The number of amides is 3. The van der Waals surface area contributed by atoms with Gasteiger partial charge >= 0.3 is 5.97 Å². The summed E-state index contributed by atoms with van der Waals surface area (Å²) in [5, 5.41) is 12.3. The molecule has 1 spiro atoms. The zero-order valence-electron chi connectivity index (χ0n) is 27.7. The molecule has 0 bridgehead atoms. The highest BCUT2D eigenvalue weighted by Crippen LogP contribution is 2.53. The normalized spacial score (nSPS) is 33.5. The molecule has 0 unspecified atom stereocenters. The Hall–Kier alpha value is -3.58. The van der Waals surface area contributed by atoms with Crippen molar-refractivity contribution in [1.82, 2.24) is 20.0 Å². The molecule has 0 aromatic heterocycles. The summed E-state index contributed by atoms with van der Waals surface area (Å²) < 4.78 is 18.6. The number of carbonyl (C=O) groups is 4. The Kier molecular flexibility index (Phi) is 10.9. The van der Waals surface area contributed by atoms with Crippen LogP contribution in [-0.2, 0) is 33.4 Å². The minimum atomic E-state index is -1.38. The molecule has 1 aromatic rings. The highest BCUT2D eigenvalue weighted by atomic mass is 16.6. The number of likely N-dealkylation sites (tertiary alicyclic amines) is 1. The van der Waals surface area contributed by atoms with Gasteiger partial charge in [-0.05, 0) is 38.2 Å². The maximum atomic E-state index is 14.6. The third-order valence-electron chi connectivity index (χ3n) is 10.3. The van der Waals surface area contributed by atoms with E-state index in [-0.39, 0.29) is 30.7 Å². The fourth-order valence-corrected chi connectivity index (χ4v) is 7.85. The molecule has 0 saturated carbocycles. The lowest BCUT2D eigenvalue weighted by Gasteiger charge is -2.36. The van der Waals surface area contributed by atoms with Gasteiger partial charge in [-0.3, -0.25) is 24.1 Å². The number of allylic oxidation sites excluding steroid dienone is 1. The molecule has 260 valence electrons. The van der Waals surface area contributed by atoms with E-state index in [2.05, 4.69) is 10.2 Å². The fraction of sp³-hybridized carbons (Fsp3) is 0.611. The van der Waals surface area contributed by atoms with Gasteiger partial charge < -0.3 is 34.4 Å². The van der Waals surface area contributed by atoms with Crippen LogP contribution in [0, 0.1) is 11.8 Å². The van der Waals surface area contributed by atoms with Crippen LogP contribution in [-0.4, -0.2) is 126 Å². The summed E-state index contributed by atoms with van der Waals surface area (Å²) in [7, 11) is 0. The van der Waals surface area contributed by atoms with Crippen molar-refractivity contribution in [3.05, 3.63) is 60.2 Å². The van der Waals surface area contributed by atoms with Gasteiger partial charge in [-0.1, -0.05) is 54.6 Å². The van der Waals surface area contributed by atoms with Crippen LogP contribution >= 0.6 is 0 Å². The Morgan fingerprint density at radius 1 is 0.958 bits per heavy atom. The first-order chi connectivity index (χ1) is 23.3. The molecular weight excluding hydrogens is 616 g/mol. The SMILES string of the molecule is C[C@H]1NC(=O)CC/C=C\[C@H]2O[C@]34C=CCN(CCN5CCOCC5)C(=O)[C@H]3N(CCCCCO)C(=O)[C@@H]4[C@H]2C(=O)O[C@@H]1c1ccccc1. The quantitative estimate of drug-likeness (QED) is 0.229. The Labute approximate surface area is 282 Å². The van der Waals surface area contributed by atoms with Crippen molar-refractivity contribution in [2.45, 2.75) is 68.9 Å². The maximum Gasteiger partial charge on any atom is 0.313 e. The van der Waals surface area contributed by atoms with Gasteiger partial charge in [-0.2, -0.15) is 0 Å². The number of rotatable bonds is 9. The molecule has 3 saturated heterocycles. The van der Waals surface area contributed by atoms with E-state index >= 15 is 0 Å². The number of nitrogens with one attached hydrogen (secondary N) is 1. The van der Waals surface area contributed by atoms with Crippen LogP contribution in [0.5, 0.6) is 0 Å². The summed E-state index contributed by atoms with van der Waals surface area (Å²) in [6.45, 7) is 6.60. The van der Waals surface area contributed by atoms with Gasteiger partial charge in [0, 0.05) is 52.3 Å². The maximum absolute atomic E-state index is 14.6. The molecule has 5 heterocycles. The van der Waals surface area contributed by atoms with Crippen LogP contribution in [0.3, 0.4) is 0 Å². The number of fused-ring (bicyclic) bond motifs is 2. The third-order valence-corrected chi connectivity index (χ3v) is 10.3. The fourth-order valence-electron chi connectivity index (χ4n) is 7.85. The monoisotopic (exact) mass is 664 g/mol. The lowest BCUT2D eigenvalue weighted by molar-refractivity contribution is -0.161. The largest absolute Gasteiger partial charge is 0.455 e. The standard InChI is InChI=1S/C36H48N4O8/c1-25-31(26-11-4-2-5-12-26)47-35(45)29-27(13-6-7-14-28(42)37-25)48-36-15-10-16-39(19-18-38-20-23-46-24-21-38)34(44)32(36)40(33(43)30(29)36)17-8-3-9-22-41/h2,4-6,10-13,15,25,27,29-32,41H,3,7-9,14,16-24H2,1H3,(H,37,42)/b13-6-/t25-,27-,29+,30+,31+,32-,36+/m1/s1.